The number of benzene rings is 1. The summed E-state index contributed by atoms with van der Waals surface area (Å²) in [5, 5.41) is 2.85. The molecule has 2 heterocycles. The first kappa shape index (κ1) is 19.7. The van der Waals surface area contributed by atoms with Gasteiger partial charge in [-0.2, -0.15) is 0 Å². The van der Waals surface area contributed by atoms with Gasteiger partial charge in [-0.3, -0.25) is 13.9 Å². The predicted octanol–water partition coefficient (Wildman–Crippen LogP) is 2.81. The molecule has 0 saturated heterocycles. The standard InChI is InChI=1S/C21H26N4O3/c1-4-6-10-22-19(26)14-25-20-18(24(5-2)21(25)27)12-16(13-23-20)15-8-7-9-17(11-15)28-3/h7-9,11-13H,4-6,10,14H2,1-3H3,(H,22,26). The number of unbranched alkanes of at least 4 members (excludes halogenated alkanes) is 1. The van der Waals surface area contributed by atoms with Crippen LogP contribution in [0.1, 0.15) is 26.7 Å². The monoisotopic (exact) mass is 382 g/mol. The molecule has 148 valence electrons. The van der Waals surface area contributed by atoms with Crippen molar-refractivity contribution in [1.82, 2.24) is 19.4 Å². The van der Waals surface area contributed by atoms with E-state index in [1.54, 1.807) is 17.9 Å². The number of ether oxygens (including phenoxy) is 1. The molecule has 0 fully saturated rings. The number of amides is 1. The minimum atomic E-state index is -0.224. The van der Waals surface area contributed by atoms with Crippen LogP contribution in [0.15, 0.2) is 41.3 Å². The Morgan fingerprint density at radius 1 is 1.18 bits per heavy atom. The molecule has 7 nitrogen and oxygen atoms in total. The number of carbonyl (C=O) groups excluding carboxylic acids is 1. The second-order valence-corrected chi connectivity index (χ2v) is 6.62. The third kappa shape index (κ3) is 3.93. The highest BCUT2D eigenvalue weighted by molar-refractivity contribution is 5.82. The second kappa shape index (κ2) is 8.73. The average Bonchev–Trinajstić information content (AvgIpc) is 2.98. The van der Waals surface area contributed by atoms with E-state index >= 15 is 0 Å². The fourth-order valence-electron chi connectivity index (χ4n) is 3.20. The highest BCUT2D eigenvalue weighted by Crippen LogP contribution is 2.25. The zero-order valence-corrected chi connectivity index (χ0v) is 16.6. The fourth-order valence-corrected chi connectivity index (χ4v) is 3.20. The van der Waals surface area contributed by atoms with Gasteiger partial charge in [-0.05, 0) is 37.1 Å². The van der Waals surface area contributed by atoms with Crippen LogP contribution in [0, 0.1) is 0 Å². The van der Waals surface area contributed by atoms with Gasteiger partial charge in [0.1, 0.15) is 12.3 Å². The number of hydrogen-bond donors (Lipinski definition) is 1. The summed E-state index contributed by atoms with van der Waals surface area (Å²) in [5.74, 6) is 0.580. The third-order valence-corrected chi connectivity index (χ3v) is 4.73. The molecule has 3 rings (SSSR count). The van der Waals surface area contributed by atoms with Crippen molar-refractivity contribution in [2.24, 2.45) is 0 Å². The van der Waals surface area contributed by atoms with Gasteiger partial charge >= 0.3 is 5.69 Å². The van der Waals surface area contributed by atoms with Gasteiger partial charge in [-0.25, -0.2) is 9.78 Å². The fraction of sp³-hybridized carbons (Fsp3) is 0.381. The van der Waals surface area contributed by atoms with Gasteiger partial charge in [-0.15, -0.1) is 0 Å². The van der Waals surface area contributed by atoms with Gasteiger partial charge in [0.25, 0.3) is 0 Å². The lowest BCUT2D eigenvalue weighted by Gasteiger charge is -2.06. The van der Waals surface area contributed by atoms with Crippen molar-refractivity contribution in [2.75, 3.05) is 13.7 Å². The maximum atomic E-state index is 12.8. The van der Waals surface area contributed by atoms with Crippen molar-refractivity contribution in [3.63, 3.8) is 0 Å². The van der Waals surface area contributed by atoms with Crippen LogP contribution < -0.4 is 15.7 Å². The first-order chi connectivity index (χ1) is 13.6. The quantitative estimate of drug-likeness (QED) is 0.608. The summed E-state index contributed by atoms with van der Waals surface area (Å²) in [7, 11) is 1.63. The Morgan fingerprint density at radius 2 is 2.00 bits per heavy atom. The number of nitrogens with one attached hydrogen (secondary N) is 1. The number of fused-ring (bicyclic) bond motifs is 1. The third-order valence-electron chi connectivity index (χ3n) is 4.73. The lowest BCUT2D eigenvalue weighted by Crippen LogP contribution is -2.33. The number of imidazole rings is 1. The maximum absolute atomic E-state index is 12.8. The van der Waals surface area contributed by atoms with Gasteiger partial charge in [0, 0.05) is 24.8 Å². The van der Waals surface area contributed by atoms with E-state index < -0.39 is 0 Å². The molecule has 0 aliphatic rings. The van der Waals surface area contributed by atoms with Gasteiger partial charge in [0.2, 0.25) is 5.91 Å². The number of aryl methyl sites for hydroxylation is 1. The zero-order chi connectivity index (χ0) is 20.1. The van der Waals surface area contributed by atoms with Gasteiger partial charge < -0.3 is 10.1 Å². The van der Waals surface area contributed by atoms with E-state index in [-0.39, 0.29) is 18.1 Å². The molecular weight excluding hydrogens is 356 g/mol. The van der Waals surface area contributed by atoms with Crippen LogP contribution >= 0.6 is 0 Å². The first-order valence-corrected chi connectivity index (χ1v) is 9.59. The summed E-state index contributed by atoms with van der Waals surface area (Å²) >= 11 is 0. The Bertz CT molecular complexity index is 1040. The minimum absolute atomic E-state index is 0.0302. The van der Waals surface area contributed by atoms with Crippen molar-refractivity contribution in [2.45, 2.75) is 39.8 Å². The number of methoxy groups -OCH3 is 1. The van der Waals surface area contributed by atoms with E-state index in [1.807, 2.05) is 37.3 Å². The summed E-state index contributed by atoms with van der Waals surface area (Å²) in [6.07, 6.45) is 3.64. The Morgan fingerprint density at radius 3 is 2.71 bits per heavy atom. The number of rotatable bonds is 8. The summed E-state index contributed by atoms with van der Waals surface area (Å²) in [6.45, 7) is 5.06. The molecule has 3 aromatic rings. The number of nitrogens with zero attached hydrogens (tertiary/aromatic N) is 3. The van der Waals surface area contributed by atoms with E-state index in [0.29, 0.717) is 24.3 Å². The SMILES string of the molecule is CCCCNC(=O)Cn1c(=O)n(CC)c2cc(-c3cccc(OC)c3)cnc21. The lowest BCUT2D eigenvalue weighted by molar-refractivity contribution is -0.121. The molecule has 28 heavy (non-hydrogen) atoms. The smallest absolute Gasteiger partial charge is 0.330 e. The first-order valence-electron chi connectivity index (χ1n) is 9.59. The van der Waals surface area contributed by atoms with Crippen LogP contribution in [0.25, 0.3) is 22.3 Å². The van der Waals surface area contributed by atoms with Crippen molar-refractivity contribution < 1.29 is 9.53 Å². The Kier molecular flexibility index (Phi) is 6.13. The van der Waals surface area contributed by atoms with Gasteiger partial charge in [0.05, 0.1) is 12.6 Å². The van der Waals surface area contributed by atoms with Crippen LogP contribution in [0.3, 0.4) is 0 Å². The maximum Gasteiger partial charge on any atom is 0.330 e. The van der Waals surface area contributed by atoms with Gasteiger partial charge in [0.15, 0.2) is 5.65 Å². The molecule has 0 saturated carbocycles. The van der Waals surface area contributed by atoms with Crippen molar-refractivity contribution in [3.05, 3.63) is 47.0 Å². The highest BCUT2D eigenvalue weighted by Gasteiger charge is 2.17. The van der Waals surface area contributed by atoms with Crippen molar-refractivity contribution >= 4 is 17.1 Å². The topological polar surface area (TPSA) is 78.2 Å². The van der Waals surface area contributed by atoms with E-state index in [0.717, 1.165) is 29.7 Å². The van der Waals surface area contributed by atoms with Crippen molar-refractivity contribution in [1.29, 1.82) is 0 Å². The van der Waals surface area contributed by atoms with E-state index in [4.69, 9.17) is 4.74 Å². The Hall–Kier alpha value is -3.09. The molecule has 0 radical (unpaired) electrons. The highest BCUT2D eigenvalue weighted by atomic mass is 16.5. The zero-order valence-electron chi connectivity index (χ0n) is 16.6. The molecule has 0 bridgehead atoms. The van der Waals surface area contributed by atoms with Crippen LogP contribution in [-0.4, -0.2) is 33.7 Å². The molecule has 1 aromatic carbocycles. The summed E-state index contributed by atoms with van der Waals surface area (Å²) in [6, 6.07) is 9.63. The van der Waals surface area contributed by atoms with E-state index in [2.05, 4.69) is 17.2 Å². The molecule has 0 aliphatic heterocycles. The number of carbonyl (C=O) groups is 1. The molecule has 0 atom stereocenters. The molecule has 1 amide bonds. The predicted molar refractivity (Wildman–Crippen MR) is 110 cm³/mol. The molecule has 0 aliphatic carbocycles. The number of pyridine rings is 1. The molecule has 0 spiro atoms. The van der Waals surface area contributed by atoms with Crippen molar-refractivity contribution in [3.8, 4) is 16.9 Å². The lowest BCUT2D eigenvalue weighted by atomic mass is 10.1. The van der Waals surface area contributed by atoms with E-state index in [1.165, 1.54) is 4.57 Å². The summed E-state index contributed by atoms with van der Waals surface area (Å²) in [5.41, 5.74) is 2.85. The molecule has 1 N–H and O–H groups in total. The summed E-state index contributed by atoms with van der Waals surface area (Å²) in [4.78, 5) is 29.6. The van der Waals surface area contributed by atoms with E-state index in [9.17, 15) is 9.59 Å². The molecular formula is C21H26N4O3. The van der Waals surface area contributed by atoms with Crippen LogP contribution in [-0.2, 0) is 17.9 Å². The number of aromatic nitrogens is 3. The normalized spacial score (nSPS) is 11.0. The van der Waals surface area contributed by atoms with Gasteiger partial charge in [-0.1, -0.05) is 25.5 Å². The second-order valence-electron chi connectivity index (χ2n) is 6.62. The summed E-state index contributed by atoms with van der Waals surface area (Å²) < 4.78 is 8.38. The Balaban J connectivity index is 1.99. The van der Waals surface area contributed by atoms with Crippen LogP contribution in [0.4, 0.5) is 0 Å². The average molecular weight is 382 g/mol. The van der Waals surface area contributed by atoms with Crippen LogP contribution in [0.5, 0.6) is 5.75 Å². The minimum Gasteiger partial charge on any atom is -0.497 e. The molecule has 7 heteroatoms. The van der Waals surface area contributed by atoms with Crippen LogP contribution in [0.2, 0.25) is 0 Å². The Labute approximate surface area is 164 Å². The number of hydrogen-bond acceptors (Lipinski definition) is 4. The molecule has 0 unspecified atom stereocenters. The largest absolute Gasteiger partial charge is 0.497 e. The molecule has 2 aromatic heterocycles.